The van der Waals surface area contributed by atoms with Gasteiger partial charge in [-0.05, 0) is 57.1 Å². The summed E-state index contributed by atoms with van der Waals surface area (Å²) in [4.78, 5) is 17.3. The number of carbonyl (C=O) groups excluding carboxylic acids is 1. The monoisotopic (exact) mass is 355 g/mol. The van der Waals surface area contributed by atoms with Crippen molar-refractivity contribution in [3.63, 3.8) is 0 Å². The minimum atomic E-state index is -0.252. The van der Waals surface area contributed by atoms with Crippen molar-refractivity contribution in [2.45, 2.75) is 38.4 Å². The highest BCUT2D eigenvalue weighted by molar-refractivity contribution is 5.83. The standard InChI is InChI=1S/C21H29N3O2/c1-16-7-4-5-9-19(16)20(23(2)3)21(25)22-17-10-12-24(13-11-17)15-18-8-6-14-26-18/h4-9,14,17,20H,10-13,15H2,1-3H3,(H,22,25)/t20-/m1/s1. The van der Waals surface area contributed by atoms with Crippen LogP contribution in [0.25, 0.3) is 0 Å². The van der Waals surface area contributed by atoms with Crippen LogP contribution in [0.15, 0.2) is 47.1 Å². The summed E-state index contributed by atoms with van der Waals surface area (Å²) in [5.74, 6) is 1.09. The molecule has 3 rings (SSSR count). The summed E-state index contributed by atoms with van der Waals surface area (Å²) in [5, 5.41) is 3.27. The van der Waals surface area contributed by atoms with Gasteiger partial charge in [-0.15, -0.1) is 0 Å². The first kappa shape index (κ1) is 18.7. The Hall–Kier alpha value is -2.11. The first-order valence-electron chi connectivity index (χ1n) is 9.31. The maximum Gasteiger partial charge on any atom is 0.242 e. The number of furan rings is 1. The SMILES string of the molecule is Cc1ccccc1[C@H](C(=O)NC1CCN(Cc2ccco2)CC1)N(C)C. The van der Waals surface area contributed by atoms with Gasteiger partial charge in [0.05, 0.1) is 12.8 Å². The second-order valence-corrected chi connectivity index (χ2v) is 7.36. The normalized spacial score (nSPS) is 17.4. The quantitative estimate of drug-likeness (QED) is 0.865. The largest absolute Gasteiger partial charge is 0.468 e. The van der Waals surface area contributed by atoms with Gasteiger partial charge in [-0.25, -0.2) is 0 Å². The van der Waals surface area contributed by atoms with E-state index in [0.29, 0.717) is 0 Å². The molecular weight excluding hydrogens is 326 g/mol. The van der Waals surface area contributed by atoms with Crippen LogP contribution in [0.1, 0.15) is 35.8 Å². The fourth-order valence-electron chi connectivity index (χ4n) is 3.69. The molecule has 0 spiro atoms. The second-order valence-electron chi connectivity index (χ2n) is 7.36. The number of rotatable bonds is 6. The summed E-state index contributed by atoms with van der Waals surface area (Å²) in [5.41, 5.74) is 2.22. The van der Waals surface area contributed by atoms with E-state index >= 15 is 0 Å². The Morgan fingerprint density at radius 2 is 1.96 bits per heavy atom. The first-order chi connectivity index (χ1) is 12.5. The highest BCUT2D eigenvalue weighted by Gasteiger charge is 2.28. The van der Waals surface area contributed by atoms with Crippen molar-refractivity contribution >= 4 is 5.91 Å². The van der Waals surface area contributed by atoms with Crippen molar-refractivity contribution in [1.82, 2.24) is 15.1 Å². The molecule has 26 heavy (non-hydrogen) atoms. The molecule has 5 nitrogen and oxygen atoms in total. The summed E-state index contributed by atoms with van der Waals surface area (Å²) in [6, 6.07) is 12.0. The van der Waals surface area contributed by atoms with E-state index in [4.69, 9.17) is 4.42 Å². The van der Waals surface area contributed by atoms with Crippen LogP contribution in [0.2, 0.25) is 0 Å². The van der Waals surface area contributed by atoms with Gasteiger partial charge in [0.25, 0.3) is 0 Å². The lowest BCUT2D eigenvalue weighted by atomic mass is 9.98. The lowest BCUT2D eigenvalue weighted by Crippen LogP contribution is -2.47. The third kappa shape index (κ3) is 4.54. The van der Waals surface area contributed by atoms with Crippen molar-refractivity contribution in [2.24, 2.45) is 0 Å². The smallest absolute Gasteiger partial charge is 0.242 e. The molecule has 0 saturated carbocycles. The van der Waals surface area contributed by atoms with Gasteiger partial charge in [-0.2, -0.15) is 0 Å². The Labute approximate surface area is 156 Å². The van der Waals surface area contributed by atoms with Crippen LogP contribution in [0.3, 0.4) is 0 Å². The molecule has 0 unspecified atom stereocenters. The molecule has 1 aromatic heterocycles. The molecule has 1 amide bonds. The number of likely N-dealkylation sites (tertiary alicyclic amines) is 1. The molecule has 1 aliphatic rings. The predicted octanol–water partition coefficient (Wildman–Crippen LogP) is 2.97. The molecular formula is C21H29N3O2. The molecule has 2 aromatic rings. The van der Waals surface area contributed by atoms with Crippen LogP contribution < -0.4 is 5.32 Å². The number of carbonyl (C=O) groups is 1. The molecule has 0 radical (unpaired) electrons. The topological polar surface area (TPSA) is 48.7 Å². The molecule has 1 aromatic carbocycles. The summed E-state index contributed by atoms with van der Waals surface area (Å²) in [6.07, 6.45) is 3.66. The van der Waals surface area contributed by atoms with Crippen LogP contribution in [-0.4, -0.2) is 48.9 Å². The molecule has 1 saturated heterocycles. The van der Waals surface area contributed by atoms with E-state index in [-0.39, 0.29) is 18.0 Å². The Kier molecular flexibility index (Phi) is 6.12. The highest BCUT2D eigenvalue weighted by Crippen LogP contribution is 2.23. The van der Waals surface area contributed by atoms with E-state index in [1.54, 1.807) is 6.26 Å². The van der Waals surface area contributed by atoms with Crippen molar-refractivity contribution in [1.29, 1.82) is 0 Å². The van der Waals surface area contributed by atoms with Crippen molar-refractivity contribution < 1.29 is 9.21 Å². The molecule has 1 N–H and O–H groups in total. The molecule has 2 heterocycles. The lowest BCUT2D eigenvalue weighted by Gasteiger charge is -2.33. The average Bonchev–Trinajstić information content (AvgIpc) is 3.11. The average molecular weight is 355 g/mol. The zero-order valence-electron chi connectivity index (χ0n) is 15.9. The van der Waals surface area contributed by atoms with E-state index in [9.17, 15) is 4.79 Å². The van der Waals surface area contributed by atoms with E-state index in [2.05, 4.69) is 23.2 Å². The predicted molar refractivity (Wildman–Crippen MR) is 103 cm³/mol. The summed E-state index contributed by atoms with van der Waals surface area (Å²) >= 11 is 0. The highest BCUT2D eigenvalue weighted by atomic mass is 16.3. The van der Waals surface area contributed by atoms with Crippen molar-refractivity contribution in [3.05, 3.63) is 59.5 Å². The van der Waals surface area contributed by atoms with Gasteiger partial charge in [0.1, 0.15) is 11.8 Å². The third-order valence-corrected chi connectivity index (χ3v) is 5.14. The van der Waals surface area contributed by atoms with Gasteiger partial charge < -0.3 is 9.73 Å². The number of likely N-dealkylation sites (N-methyl/N-ethyl adjacent to an activating group) is 1. The van der Waals surface area contributed by atoms with E-state index in [1.165, 1.54) is 0 Å². The van der Waals surface area contributed by atoms with Gasteiger partial charge in [-0.3, -0.25) is 14.6 Å². The van der Waals surface area contributed by atoms with Gasteiger partial charge in [0, 0.05) is 19.1 Å². The van der Waals surface area contributed by atoms with Gasteiger partial charge in [0.2, 0.25) is 5.91 Å². The number of nitrogens with one attached hydrogen (secondary N) is 1. The van der Waals surface area contributed by atoms with Gasteiger partial charge >= 0.3 is 0 Å². The Morgan fingerprint density at radius 3 is 2.58 bits per heavy atom. The summed E-state index contributed by atoms with van der Waals surface area (Å²) < 4.78 is 5.43. The Balaban J connectivity index is 1.56. The zero-order valence-corrected chi connectivity index (χ0v) is 15.9. The molecule has 1 atom stereocenters. The Morgan fingerprint density at radius 1 is 1.23 bits per heavy atom. The number of hydrogen-bond acceptors (Lipinski definition) is 4. The minimum Gasteiger partial charge on any atom is -0.468 e. The maximum absolute atomic E-state index is 13.0. The van der Waals surface area contributed by atoms with Crippen LogP contribution in [-0.2, 0) is 11.3 Å². The summed E-state index contributed by atoms with van der Waals surface area (Å²) in [6.45, 7) is 4.86. The minimum absolute atomic E-state index is 0.0915. The third-order valence-electron chi connectivity index (χ3n) is 5.14. The summed E-state index contributed by atoms with van der Waals surface area (Å²) in [7, 11) is 3.92. The molecule has 0 aliphatic carbocycles. The van der Waals surface area contributed by atoms with Gasteiger partial charge in [-0.1, -0.05) is 24.3 Å². The molecule has 140 valence electrons. The molecule has 1 aliphatic heterocycles. The number of nitrogens with zero attached hydrogens (tertiary/aromatic N) is 2. The zero-order chi connectivity index (χ0) is 18.5. The fourth-order valence-corrected chi connectivity index (χ4v) is 3.69. The number of aryl methyl sites for hydroxylation is 1. The van der Waals surface area contributed by atoms with Crippen molar-refractivity contribution in [3.8, 4) is 0 Å². The lowest BCUT2D eigenvalue weighted by molar-refractivity contribution is -0.126. The van der Waals surface area contributed by atoms with E-state index in [1.807, 2.05) is 49.3 Å². The number of piperidine rings is 1. The first-order valence-corrected chi connectivity index (χ1v) is 9.31. The maximum atomic E-state index is 13.0. The number of hydrogen-bond donors (Lipinski definition) is 1. The van der Waals surface area contributed by atoms with Crippen LogP contribution >= 0.6 is 0 Å². The number of amides is 1. The van der Waals surface area contributed by atoms with Crippen LogP contribution in [0, 0.1) is 6.92 Å². The van der Waals surface area contributed by atoms with Gasteiger partial charge in [0.15, 0.2) is 0 Å². The molecule has 5 heteroatoms. The molecule has 1 fully saturated rings. The van der Waals surface area contributed by atoms with Crippen LogP contribution in [0.4, 0.5) is 0 Å². The van der Waals surface area contributed by atoms with E-state index < -0.39 is 0 Å². The molecule has 0 bridgehead atoms. The van der Waals surface area contributed by atoms with Crippen LogP contribution in [0.5, 0.6) is 0 Å². The number of benzene rings is 1. The van der Waals surface area contributed by atoms with E-state index in [0.717, 1.165) is 49.4 Å². The Bertz CT molecular complexity index is 704. The van der Waals surface area contributed by atoms with Crippen molar-refractivity contribution in [2.75, 3.05) is 27.2 Å². The fraction of sp³-hybridized carbons (Fsp3) is 0.476. The second kappa shape index (κ2) is 8.52.